The number of aliphatic imine (C=N–C) groups is 1. The van der Waals surface area contributed by atoms with Gasteiger partial charge < -0.3 is 4.74 Å². The van der Waals surface area contributed by atoms with E-state index in [1.165, 1.54) is 38.5 Å². The molecule has 0 saturated heterocycles. The molecule has 1 aliphatic heterocycles. The molecule has 0 aromatic carbocycles. The summed E-state index contributed by atoms with van der Waals surface area (Å²) in [6, 6.07) is 0. The van der Waals surface area contributed by atoms with Gasteiger partial charge in [-0.15, -0.1) is 0 Å². The van der Waals surface area contributed by atoms with Crippen molar-refractivity contribution in [1.82, 2.24) is 0 Å². The van der Waals surface area contributed by atoms with Crippen molar-refractivity contribution in [3.8, 4) is 0 Å². The highest BCUT2D eigenvalue weighted by Crippen LogP contribution is 2.64. The predicted molar refractivity (Wildman–Crippen MR) is 72.7 cm³/mol. The van der Waals surface area contributed by atoms with Crippen LogP contribution in [0.5, 0.6) is 0 Å². The highest BCUT2D eigenvalue weighted by atomic mass is 16.5. The molecule has 4 fully saturated rings. The zero-order valence-corrected chi connectivity index (χ0v) is 11.7. The van der Waals surface area contributed by atoms with Crippen molar-refractivity contribution in [1.29, 1.82) is 0 Å². The van der Waals surface area contributed by atoms with Gasteiger partial charge in [0.2, 0.25) is 0 Å². The predicted octanol–water partition coefficient (Wildman–Crippen LogP) is 3.80. The van der Waals surface area contributed by atoms with E-state index < -0.39 is 0 Å². The first-order valence-electron chi connectivity index (χ1n) is 7.85. The Morgan fingerprint density at radius 3 is 2.11 bits per heavy atom. The molecule has 0 radical (unpaired) electrons. The molecule has 1 heterocycles. The van der Waals surface area contributed by atoms with E-state index in [4.69, 9.17) is 4.74 Å². The fraction of sp³-hybridized carbons (Fsp3) is 0.938. The van der Waals surface area contributed by atoms with E-state index >= 15 is 0 Å². The van der Waals surface area contributed by atoms with Gasteiger partial charge in [-0.1, -0.05) is 6.92 Å². The minimum Gasteiger partial charge on any atom is -0.472 e. The lowest BCUT2D eigenvalue weighted by Crippen LogP contribution is -2.58. The Hall–Kier alpha value is -0.530. The topological polar surface area (TPSA) is 21.6 Å². The van der Waals surface area contributed by atoms with E-state index in [-0.39, 0.29) is 5.60 Å². The summed E-state index contributed by atoms with van der Waals surface area (Å²) in [5, 5.41) is 0. The molecule has 2 heteroatoms. The fourth-order valence-electron chi connectivity index (χ4n) is 5.78. The van der Waals surface area contributed by atoms with Gasteiger partial charge in [0.05, 0.1) is 6.54 Å². The van der Waals surface area contributed by atoms with Crippen LogP contribution in [0.3, 0.4) is 0 Å². The van der Waals surface area contributed by atoms with Crippen molar-refractivity contribution in [2.24, 2.45) is 28.2 Å². The molecule has 100 valence electrons. The monoisotopic (exact) mass is 247 g/mol. The Labute approximate surface area is 110 Å². The number of hydrogen-bond donors (Lipinski definition) is 0. The molecule has 0 aromatic rings. The number of ether oxygens (including phenoxy) is 1. The van der Waals surface area contributed by atoms with Crippen LogP contribution >= 0.6 is 0 Å². The van der Waals surface area contributed by atoms with Crippen LogP contribution in [-0.4, -0.2) is 18.0 Å². The van der Waals surface area contributed by atoms with Gasteiger partial charge in [-0.2, -0.15) is 0 Å². The van der Waals surface area contributed by atoms with Gasteiger partial charge in [0.15, 0.2) is 5.90 Å². The molecule has 2 nitrogen and oxygen atoms in total. The molecule has 5 aliphatic rings. The first-order valence-corrected chi connectivity index (χ1v) is 7.85. The third kappa shape index (κ3) is 1.38. The fourth-order valence-corrected chi connectivity index (χ4v) is 5.78. The lowest BCUT2D eigenvalue weighted by molar-refractivity contribution is -0.152. The second-order valence-corrected chi connectivity index (χ2v) is 7.59. The van der Waals surface area contributed by atoms with E-state index in [1.807, 2.05) is 0 Å². The third-order valence-electron chi connectivity index (χ3n) is 6.36. The van der Waals surface area contributed by atoms with Crippen LogP contribution < -0.4 is 0 Å². The zero-order valence-electron chi connectivity index (χ0n) is 11.7. The van der Waals surface area contributed by atoms with Crippen LogP contribution in [0.2, 0.25) is 0 Å². The maximum Gasteiger partial charge on any atom is 0.183 e. The summed E-state index contributed by atoms with van der Waals surface area (Å²) in [5.41, 5.74) is 0.483. The van der Waals surface area contributed by atoms with Gasteiger partial charge in [-0.3, -0.25) is 4.99 Å². The van der Waals surface area contributed by atoms with Crippen molar-refractivity contribution < 1.29 is 4.74 Å². The van der Waals surface area contributed by atoms with Crippen LogP contribution in [-0.2, 0) is 4.74 Å². The molecule has 1 unspecified atom stereocenters. The zero-order chi connectivity index (χ0) is 12.4. The first-order chi connectivity index (χ1) is 8.62. The lowest BCUT2D eigenvalue weighted by atomic mass is 9.45. The summed E-state index contributed by atoms with van der Waals surface area (Å²) >= 11 is 0. The average molecular weight is 247 g/mol. The second-order valence-electron chi connectivity index (χ2n) is 7.59. The molecule has 1 atom stereocenters. The van der Waals surface area contributed by atoms with Gasteiger partial charge in [0.25, 0.3) is 0 Å². The SMILES string of the molecule is CCC1=NCC(C)(C23CC4CC(CC(C4)C2)C3)O1. The summed E-state index contributed by atoms with van der Waals surface area (Å²) in [5.74, 6) is 4.01. The molecule has 18 heavy (non-hydrogen) atoms. The highest BCUT2D eigenvalue weighted by Gasteiger charge is 2.61. The molecule has 4 aliphatic carbocycles. The maximum atomic E-state index is 6.33. The molecule has 0 aromatic heterocycles. The van der Waals surface area contributed by atoms with Crippen LogP contribution in [0, 0.1) is 23.2 Å². The Bertz CT molecular complexity index is 365. The molecule has 4 bridgehead atoms. The summed E-state index contributed by atoms with van der Waals surface area (Å²) in [4.78, 5) is 4.66. The van der Waals surface area contributed by atoms with E-state index in [0.29, 0.717) is 5.41 Å². The molecular formula is C16H25NO. The summed E-state index contributed by atoms with van der Waals surface area (Å²) in [6.07, 6.45) is 9.75. The van der Waals surface area contributed by atoms with Crippen LogP contribution in [0.25, 0.3) is 0 Å². The third-order valence-corrected chi connectivity index (χ3v) is 6.36. The molecule has 0 spiro atoms. The van der Waals surface area contributed by atoms with Crippen LogP contribution in [0.4, 0.5) is 0 Å². The standard InChI is InChI=1S/C16H25NO/c1-3-14-17-10-15(2,18-14)16-7-11-4-12(8-16)6-13(5-11)9-16/h11-13H,3-10H2,1-2H3. The number of hydrogen-bond acceptors (Lipinski definition) is 2. The Morgan fingerprint density at radius 2 is 1.67 bits per heavy atom. The normalized spacial score (nSPS) is 53.4. The Balaban J connectivity index is 1.64. The molecule has 0 amide bonds. The number of rotatable bonds is 2. The highest BCUT2D eigenvalue weighted by molar-refractivity contribution is 5.78. The largest absolute Gasteiger partial charge is 0.472 e. The Morgan fingerprint density at radius 1 is 1.11 bits per heavy atom. The molecule has 0 N–H and O–H groups in total. The first kappa shape index (κ1) is 11.3. The van der Waals surface area contributed by atoms with Crippen molar-refractivity contribution >= 4 is 5.90 Å². The van der Waals surface area contributed by atoms with Crippen molar-refractivity contribution in [3.05, 3.63) is 0 Å². The minimum absolute atomic E-state index is 0.0222. The van der Waals surface area contributed by atoms with Crippen molar-refractivity contribution in [3.63, 3.8) is 0 Å². The summed E-state index contributed by atoms with van der Waals surface area (Å²) in [7, 11) is 0. The van der Waals surface area contributed by atoms with Crippen molar-refractivity contribution in [2.75, 3.05) is 6.54 Å². The Kier molecular flexibility index (Phi) is 2.21. The molecule has 5 rings (SSSR count). The quantitative estimate of drug-likeness (QED) is 0.727. The molecular weight excluding hydrogens is 222 g/mol. The lowest BCUT2D eigenvalue weighted by Gasteiger charge is -2.61. The number of nitrogens with zero attached hydrogens (tertiary/aromatic N) is 1. The summed E-state index contributed by atoms with van der Waals surface area (Å²) < 4.78 is 6.33. The van der Waals surface area contributed by atoms with Gasteiger partial charge in [-0.05, 0) is 63.2 Å². The van der Waals surface area contributed by atoms with Crippen LogP contribution in [0.1, 0.15) is 58.8 Å². The second kappa shape index (κ2) is 3.52. The van der Waals surface area contributed by atoms with E-state index in [2.05, 4.69) is 18.8 Å². The van der Waals surface area contributed by atoms with Gasteiger partial charge in [-0.25, -0.2) is 0 Å². The van der Waals surface area contributed by atoms with Gasteiger partial charge in [0, 0.05) is 11.8 Å². The van der Waals surface area contributed by atoms with Crippen molar-refractivity contribution in [2.45, 2.75) is 64.4 Å². The smallest absolute Gasteiger partial charge is 0.183 e. The van der Waals surface area contributed by atoms with Gasteiger partial charge >= 0.3 is 0 Å². The summed E-state index contributed by atoms with van der Waals surface area (Å²) in [6.45, 7) is 5.43. The van der Waals surface area contributed by atoms with E-state index in [9.17, 15) is 0 Å². The average Bonchev–Trinajstić information content (AvgIpc) is 2.71. The van der Waals surface area contributed by atoms with E-state index in [0.717, 1.165) is 36.6 Å². The molecule has 4 saturated carbocycles. The van der Waals surface area contributed by atoms with Gasteiger partial charge in [0.1, 0.15) is 5.60 Å². The van der Waals surface area contributed by atoms with E-state index in [1.54, 1.807) is 0 Å². The van der Waals surface area contributed by atoms with Crippen LogP contribution in [0.15, 0.2) is 4.99 Å². The minimum atomic E-state index is 0.0222. The maximum absolute atomic E-state index is 6.33.